The molecule has 1 N–H and O–H groups in total. The zero-order chi connectivity index (χ0) is 16.8. The SMILES string of the molecule is Cc1cc(/C=N/N2C(=O)c3cccc4cccc(c34)C2=O)c(C)[nH]1. The van der Waals surface area contributed by atoms with Gasteiger partial charge in [-0.05, 0) is 37.4 Å². The van der Waals surface area contributed by atoms with E-state index in [1.807, 2.05) is 44.2 Å². The Morgan fingerprint density at radius 2 is 1.62 bits per heavy atom. The van der Waals surface area contributed by atoms with Crippen molar-refractivity contribution in [3.05, 3.63) is 70.5 Å². The van der Waals surface area contributed by atoms with Crippen LogP contribution in [-0.2, 0) is 0 Å². The van der Waals surface area contributed by atoms with Crippen molar-refractivity contribution >= 4 is 28.8 Å². The third-order valence-corrected chi connectivity index (χ3v) is 4.25. The summed E-state index contributed by atoms with van der Waals surface area (Å²) in [6, 6.07) is 12.8. The van der Waals surface area contributed by atoms with Gasteiger partial charge in [0.15, 0.2) is 0 Å². The van der Waals surface area contributed by atoms with E-state index in [-0.39, 0.29) is 0 Å². The molecule has 0 fully saturated rings. The second-order valence-corrected chi connectivity index (χ2v) is 5.91. The fraction of sp³-hybridized carbons (Fsp3) is 0.105. The lowest BCUT2D eigenvalue weighted by molar-refractivity contribution is 0.0616. The molecular weight excluding hydrogens is 302 g/mol. The molecule has 0 spiro atoms. The number of amides is 2. The quantitative estimate of drug-likeness (QED) is 0.581. The topological polar surface area (TPSA) is 65.5 Å². The molecule has 5 nitrogen and oxygen atoms in total. The summed E-state index contributed by atoms with van der Waals surface area (Å²) in [6.07, 6.45) is 1.54. The summed E-state index contributed by atoms with van der Waals surface area (Å²) in [5.74, 6) is -0.795. The van der Waals surface area contributed by atoms with Gasteiger partial charge in [0.05, 0.1) is 17.3 Å². The van der Waals surface area contributed by atoms with Crippen LogP contribution >= 0.6 is 0 Å². The Bertz CT molecular complexity index is 980. The Hall–Kier alpha value is -3.21. The van der Waals surface area contributed by atoms with E-state index in [1.54, 1.807) is 18.3 Å². The van der Waals surface area contributed by atoms with Crippen molar-refractivity contribution in [2.75, 3.05) is 0 Å². The Morgan fingerprint density at radius 3 is 2.17 bits per heavy atom. The molecule has 1 aromatic heterocycles. The minimum Gasteiger partial charge on any atom is -0.362 e. The minimum absolute atomic E-state index is 0.398. The summed E-state index contributed by atoms with van der Waals surface area (Å²) in [5, 5.41) is 6.69. The molecule has 0 atom stereocenters. The molecule has 0 radical (unpaired) electrons. The van der Waals surface area contributed by atoms with Gasteiger partial charge in [-0.3, -0.25) is 9.59 Å². The number of H-pyrrole nitrogens is 1. The van der Waals surface area contributed by atoms with E-state index >= 15 is 0 Å². The van der Waals surface area contributed by atoms with Crippen molar-refractivity contribution in [3.63, 3.8) is 0 Å². The molecule has 2 heterocycles. The second kappa shape index (κ2) is 5.16. The summed E-state index contributed by atoms with van der Waals surface area (Å²) < 4.78 is 0. The van der Waals surface area contributed by atoms with Crippen LogP contribution in [0.1, 0.15) is 37.7 Å². The lowest BCUT2D eigenvalue weighted by atomic mass is 9.95. The number of benzene rings is 2. The Morgan fingerprint density at radius 1 is 1.00 bits per heavy atom. The first-order valence-corrected chi connectivity index (χ1v) is 7.67. The summed E-state index contributed by atoms with van der Waals surface area (Å²) in [6.45, 7) is 3.86. The van der Waals surface area contributed by atoms with Gasteiger partial charge in [0.25, 0.3) is 11.8 Å². The molecule has 0 saturated heterocycles. The maximum atomic E-state index is 12.7. The van der Waals surface area contributed by atoms with Gasteiger partial charge in [0, 0.05) is 22.3 Å². The predicted molar refractivity (Wildman–Crippen MR) is 92.3 cm³/mol. The Labute approximate surface area is 138 Å². The molecule has 0 saturated carbocycles. The first-order chi connectivity index (χ1) is 11.6. The van der Waals surface area contributed by atoms with E-state index in [2.05, 4.69) is 10.1 Å². The second-order valence-electron chi connectivity index (χ2n) is 5.91. The van der Waals surface area contributed by atoms with E-state index in [0.29, 0.717) is 16.5 Å². The van der Waals surface area contributed by atoms with Crippen LogP contribution in [0.15, 0.2) is 47.6 Å². The van der Waals surface area contributed by atoms with Crippen molar-refractivity contribution in [1.82, 2.24) is 9.99 Å². The van der Waals surface area contributed by atoms with Crippen molar-refractivity contribution in [2.45, 2.75) is 13.8 Å². The van der Waals surface area contributed by atoms with Gasteiger partial charge >= 0.3 is 0 Å². The van der Waals surface area contributed by atoms with Gasteiger partial charge in [0.2, 0.25) is 0 Å². The zero-order valence-corrected chi connectivity index (χ0v) is 13.3. The first-order valence-electron chi connectivity index (χ1n) is 7.67. The monoisotopic (exact) mass is 317 g/mol. The summed E-state index contributed by atoms with van der Waals surface area (Å²) in [5.41, 5.74) is 3.80. The molecule has 3 aromatic rings. The highest BCUT2D eigenvalue weighted by Crippen LogP contribution is 2.30. The molecular formula is C19H15N3O2. The van der Waals surface area contributed by atoms with E-state index in [4.69, 9.17) is 0 Å². The molecule has 1 aliphatic heterocycles. The normalized spacial score (nSPS) is 14.2. The minimum atomic E-state index is -0.398. The van der Waals surface area contributed by atoms with Crippen molar-refractivity contribution < 1.29 is 9.59 Å². The van der Waals surface area contributed by atoms with Gasteiger partial charge in [-0.25, -0.2) is 0 Å². The molecule has 4 rings (SSSR count). The highest BCUT2D eigenvalue weighted by molar-refractivity contribution is 6.25. The lowest BCUT2D eigenvalue weighted by Gasteiger charge is -2.22. The van der Waals surface area contributed by atoms with Gasteiger partial charge < -0.3 is 4.98 Å². The molecule has 0 unspecified atom stereocenters. The molecule has 24 heavy (non-hydrogen) atoms. The third-order valence-electron chi connectivity index (χ3n) is 4.25. The molecule has 0 bridgehead atoms. The number of aromatic nitrogens is 1. The van der Waals surface area contributed by atoms with E-state index in [1.165, 1.54) is 0 Å². The smallest absolute Gasteiger partial charge is 0.282 e. The number of nitrogens with zero attached hydrogens (tertiary/aromatic N) is 2. The van der Waals surface area contributed by atoms with Crippen LogP contribution in [-0.4, -0.2) is 28.0 Å². The molecule has 0 aliphatic carbocycles. The number of rotatable bonds is 2. The molecule has 2 amide bonds. The average Bonchev–Trinajstić information content (AvgIpc) is 2.90. The maximum absolute atomic E-state index is 12.7. The molecule has 5 heteroatoms. The maximum Gasteiger partial charge on any atom is 0.282 e. The van der Waals surface area contributed by atoms with Crippen LogP contribution in [0.25, 0.3) is 10.8 Å². The number of aryl methyl sites for hydroxylation is 2. The van der Waals surface area contributed by atoms with Crippen molar-refractivity contribution in [1.29, 1.82) is 0 Å². The van der Waals surface area contributed by atoms with E-state index in [9.17, 15) is 9.59 Å². The summed E-state index contributed by atoms with van der Waals surface area (Å²) in [4.78, 5) is 28.6. The number of hydrogen-bond donors (Lipinski definition) is 1. The standard InChI is InChI=1S/C19H15N3O2/c1-11-9-14(12(2)21-11)10-20-22-18(23)15-7-3-5-13-6-4-8-16(17(13)15)19(22)24/h3-10,21H,1-2H3/b20-10+. The van der Waals surface area contributed by atoms with Crippen LogP contribution in [0.3, 0.4) is 0 Å². The first kappa shape index (κ1) is 14.4. The number of carbonyl (C=O) groups excluding carboxylic acids is 2. The van der Waals surface area contributed by atoms with E-state index in [0.717, 1.165) is 27.3 Å². The summed E-state index contributed by atoms with van der Waals surface area (Å²) >= 11 is 0. The number of hydrogen-bond acceptors (Lipinski definition) is 3. The number of imide groups is 1. The number of aromatic amines is 1. The number of carbonyl (C=O) groups is 2. The Balaban J connectivity index is 1.81. The van der Waals surface area contributed by atoms with E-state index < -0.39 is 11.8 Å². The van der Waals surface area contributed by atoms with Gasteiger partial charge in [-0.2, -0.15) is 10.1 Å². The van der Waals surface area contributed by atoms with Gasteiger partial charge in [0.1, 0.15) is 0 Å². The van der Waals surface area contributed by atoms with Gasteiger partial charge in [-0.1, -0.05) is 24.3 Å². The highest BCUT2D eigenvalue weighted by atomic mass is 16.2. The summed E-state index contributed by atoms with van der Waals surface area (Å²) in [7, 11) is 0. The molecule has 1 aliphatic rings. The molecule has 2 aromatic carbocycles. The zero-order valence-electron chi connectivity index (χ0n) is 13.3. The molecule has 118 valence electrons. The van der Waals surface area contributed by atoms with Gasteiger partial charge in [-0.15, -0.1) is 0 Å². The van der Waals surface area contributed by atoms with Crippen molar-refractivity contribution in [2.24, 2.45) is 5.10 Å². The van der Waals surface area contributed by atoms with Crippen LogP contribution in [0, 0.1) is 13.8 Å². The number of hydrazone groups is 1. The largest absolute Gasteiger partial charge is 0.362 e. The average molecular weight is 317 g/mol. The fourth-order valence-corrected chi connectivity index (χ4v) is 3.12. The van der Waals surface area contributed by atoms with Crippen LogP contribution < -0.4 is 0 Å². The number of nitrogens with one attached hydrogen (secondary N) is 1. The van der Waals surface area contributed by atoms with Crippen LogP contribution in [0.5, 0.6) is 0 Å². The van der Waals surface area contributed by atoms with Crippen LogP contribution in [0.4, 0.5) is 0 Å². The third kappa shape index (κ3) is 2.06. The fourth-order valence-electron chi connectivity index (χ4n) is 3.12. The van der Waals surface area contributed by atoms with Crippen molar-refractivity contribution in [3.8, 4) is 0 Å². The van der Waals surface area contributed by atoms with Crippen LogP contribution in [0.2, 0.25) is 0 Å². The Kier molecular flexibility index (Phi) is 3.09. The highest BCUT2D eigenvalue weighted by Gasteiger charge is 2.32. The lowest BCUT2D eigenvalue weighted by Crippen LogP contribution is -2.36. The predicted octanol–water partition coefficient (Wildman–Crippen LogP) is 3.41.